The third-order valence-electron chi connectivity index (χ3n) is 5.00. The Labute approximate surface area is 181 Å². The van der Waals surface area contributed by atoms with E-state index >= 15 is 0 Å². The lowest BCUT2D eigenvalue weighted by molar-refractivity contribution is -0.137. The van der Waals surface area contributed by atoms with E-state index in [4.69, 9.17) is 9.47 Å². The van der Waals surface area contributed by atoms with Gasteiger partial charge in [0.25, 0.3) is 0 Å². The largest absolute Gasteiger partial charge is 0.489 e. The third kappa shape index (κ3) is 6.81. The standard InChI is InChI=1S/C22H22F5NO4/c23-20(24)30-11-10-17-12-19(32-18-8-6-16(7-9-18)22(25,26)27)13-28(17)21(29)31-14-15-4-2-1-3-5-15/h1-9,17,19-20H,10-14H2/t17-,19+/m1/s1. The molecule has 1 aliphatic heterocycles. The summed E-state index contributed by atoms with van der Waals surface area (Å²) in [5.41, 5.74) is -0.0143. The fraction of sp³-hybridized carbons (Fsp3) is 0.409. The monoisotopic (exact) mass is 459 g/mol. The van der Waals surface area contributed by atoms with Crippen LogP contribution in [-0.4, -0.2) is 42.9 Å². The summed E-state index contributed by atoms with van der Waals surface area (Å²) in [4.78, 5) is 14.0. The van der Waals surface area contributed by atoms with E-state index in [1.165, 1.54) is 17.0 Å². The molecule has 0 aromatic heterocycles. The molecule has 10 heteroatoms. The van der Waals surface area contributed by atoms with Crippen molar-refractivity contribution in [2.75, 3.05) is 13.2 Å². The van der Waals surface area contributed by atoms with Crippen molar-refractivity contribution in [2.45, 2.75) is 44.4 Å². The maximum absolute atomic E-state index is 12.7. The number of ether oxygens (including phenoxy) is 3. The van der Waals surface area contributed by atoms with Crippen LogP contribution in [0.1, 0.15) is 24.0 Å². The fourth-order valence-electron chi connectivity index (χ4n) is 3.47. The summed E-state index contributed by atoms with van der Waals surface area (Å²) < 4.78 is 78.2. The Kier molecular flexibility index (Phi) is 7.89. The molecule has 2 aromatic rings. The average Bonchev–Trinajstić information content (AvgIpc) is 3.15. The zero-order valence-electron chi connectivity index (χ0n) is 16.9. The Morgan fingerprint density at radius 2 is 1.75 bits per heavy atom. The molecule has 0 spiro atoms. The lowest BCUT2D eigenvalue weighted by Crippen LogP contribution is -2.37. The van der Waals surface area contributed by atoms with E-state index in [1.54, 1.807) is 24.3 Å². The van der Waals surface area contributed by atoms with Crippen LogP contribution in [-0.2, 0) is 22.3 Å². The van der Waals surface area contributed by atoms with Gasteiger partial charge in [-0.2, -0.15) is 22.0 Å². The number of carbonyl (C=O) groups excluding carboxylic acids is 1. The minimum absolute atomic E-state index is 0.0425. The number of benzene rings is 2. The van der Waals surface area contributed by atoms with Gasteiger partial charge in [0.05, 0.1) is 18.7 Å². The number of carbonyl (C=O) groups is 1. The number of amides is 1. The zero-order chi connectivity index (χ0) is 23.1. The fourth-order valence-corrected chi connectivity index (χ4v) is 3.47. The number of alkyl halides is 5. The van der Waals surface area contributed by atoms with Crippen molar-refractivity contribution in [3.05, 3.63) is 65.7 Å². The summed E-state index contributed by atoms with van der Waals surface area (Å²) in [5.74, 6) is 0.213. The highest BCUT2D eigenvalue weighted by molar-refractivity contribution is 5.68. The quantitative estimate of drug-likeness (QED) is 0.490. The number of halogens is 5. The Balaban J connectivity index is 1.62. The molecule has 0 N–H and O–H groups in total. The summed E-state index contributed by atoms with van der Waals surface area (Å²) in [7, 11) is 0. The normalized spacial score (nSPS) is 18.8. The Hall–Kier alpha value is -2.88. The first-order valence-electron chi connectivity index (χ1n) is 9.93. The van der Waals surface area contributed by atoms with E-state index in [0.29, 0.717) is 6.42 Å². The van der Waals surface area contributed by atoms with Gasteiger partial charge < -0.3 is 19.1 Å². The molecule has 0 radical (unpaired) electrons. The van der Waals surface area contributed by atoms with Crippen LogP contribution in [0.4, 0.5) is 26.7 Å². The molecule has 174 valence electrons. The molecular formula is C22H22F5NO4. The molecule has 5 nitrogen and oxygen atoms in total. The molecule has 1 aliphatic rings. The molecule has 2 atom stereocenters. The topological polar surface area (TPSA) is 48.0 Å². The van der Waals surface area contributed by atoms with Gasteiger partial charge >= 0.3 is 18.9 Å². The van der Waals surface area contributed by atoms with E-state index < -0.39 is 36.6 Å². The van der Waals surface area contributed by atoms with Crippen molar-refractivity contribution >= 4 is 6.09 Å². The summed E-state index contributed by atoms with van der Waals surface area (Å²) >= 11 is 0. The first kappa shape index (κ1) is 23.8. The van der Waals surface area contributed by atoms with Crippen molar-refractivity contribution in [3.8, 4) is 5.75 Å². The van der Waals surface area contributed by atoms with Crippen LogP contribution in [0.15, 0.2) is 54.6 Å². The molecule has 32 heavy (non-hydrogen) atoms. The molecule has 0 bridgehead atoms. The van der Waals surface area contributed by atoms with Crippen molar-refractivity contribution in [1.29, 1.82) is 0 Å². The molecule has 0 aliphatic carbocycles. The lowest BCUT2D eigenvalue weighted by atomic mass is 10.1. The lowest BCUT2D eigenvalue weighted by Gasteiger charge is -2.23. The predicted molar refractivity (Wildman–Crippen MR) is 104 cm³/mol. The smallest absolute Gasteiger partial charge is 0.416 e. The summed E-state index contributed by atoms with van der Waals surface area (Å²) in [6.45, 7) is -3.04. The van der Waals surface area contributed by atoms with E-state index in [0.717, 1.165) is 17.7 Å². The van der Waals surface area contributed by atoms with Gasteiger partial charge in [0, 0.05) is 12.5 Å². The van der Waals surface area contributed by atoms with Crippen LogP contribution < -0.4 is 4.74 Å². The van der Waals surface area contributed by atoms with Gasteiger partial charge in [-0.1, -0.05) is 30.3 Å². The van der Waals surface area contributed by atoms with Crippen molar-refractivity contribution in [1.82, 2.24) is 4.90 Å². The van der Waals surface area contributed by atoms with E-state index in [2.05, 4.69) is 4.74 Å². The minimum Gasteiger partial charge on any atom is -0.489 e. The SMILES string of the molecule is O=C(OCc1ccccc1)N1C[C@@H](Oc2ccc(C(F)(F)F)cc2)C[C@H]1CCOC(F)F. The highest BCUT2D eigenvalue weighted by Crippen LogP contribution is 2.31. The first-order chi connectivity index (χ1) is 15.2. The van der Waals surface area contributed by atoms with Crippen LogP contribution >= 0.6 is 0 Å². The van der Waals surface area contributed by atoms with Crippen LogP contribution in [0.3, 0.4) is 0 Å². The molecule has 0 unspecified atom stereocenters. The number of nitrogens with zero attached hydrogens (tertiary/aromatic N) is 1. The van der Waals surface area contributed by atoms with Gasteiger partial charge in [-0.05, 0) is 36.2 Å². The minimum atomic E-state index is -4.46. The second-order valence-corrected chi connectivity index (χ2v) is 7.26. The highest BCUT2D eigenvalue weighted by atomic mass is 19.4. The number of likely N-dealkylation sites (tertiary alicyclic amines) is 1. The maximum atomic E-state index is 12.7. The zero-order valence-corrected chi connectivity index (χ0v) is 16.9. The highest BCUT2D eigenvalue weighted by Gasteiger charge is 2.37. The first-order valence-corrected chi connectivity index (χ1v) is 9.93. The third-order valence-corrected chi connectivity index (χ3v) is 5.00. The molecule has 2 aromatic carbocycles. The molecule has 1 heterocycles. The number of hydrogen-bond acceptors (Lipinski definition) is 4. The Bertz CT molecular complexity index is 861. The van der Waals surface area contributed by atoms with E-state index in [9.17, 15) is 26.7 Å². The number of hydrogen-bond donors (Lipinski definition) is 0. The maximum Gasteiger partial charge on any atom is 0.416 e. The summed E-state index contributed by atoms with van der Waals surface area (Å²) in [6.07, 6.45) is -5.19. The van der Waals surface area contributed by atoms with Crippen LogP contribution in [0.5, 0.6) is 5.75 Å². The molecule has 0 saturated carbocycles. The molecule has 3 rings (SSSR count). The van der Waals surface area contributed by atoms with Gasteiger partial charge in [-0.25, -0.2) is 4.79 Å². The van der Waals surface area contributed by atoms with Crippen LogP contribution in [0.2, 0.25) is 0 Å². The second kappa shape index (κ2) is 10.6. The van der Waals surface area contributed by atoms with Crippen LogP contribution in [0.25, 0.3) is 0 Å². The molecule has 1 amide bonds. The molecular weight excluding hydrogens is 437 g/mol. The van der Waals surface area contributed by atoms with Gasteiger partial charge in [0.2, 0.25) is 0 Å². The van der Waals surface area contributed by atoms with Crippen molar-refractivity contribution in [3.63, 3.8) is 0 Å². The number of rotatable bonds is 8. The summed E-state index contributed by atoms with van der Waals surface area (Å²) in [6, 6.07) is 12.8. The second-order valence-electron chi connectivity index (χ2n) is 7.26. The Morgan fingerprint density at radius 3 is 2.38 bits per heavy atom. The van der Waals surface area contributed by atoms with Gasteiger partial charge in [-0.3, -0.25) is 0 Å². The van der Waals surface area contributed by atoms with Gasteiger partial charge in [0.15, 0.2) is 0 Å². The molecule has 1 saturated heterocycles. The van der Waals surface area contributed by atoms with Crippen LogP contribution in [0, 0.1) is 0 Å². The average molecular weight is 459 g/mol. The van der Waals surface area contributed by atoms with Gasteiger partial charge in [-0.15, -0.1) is 0 Å². The molecule has 1 fully saturated rings. The summed E-state index contributed by atoms with van der Waals surface area (Å²) in [5, 5.41) is 0. The van der Waals surface area contributed by atoms with E-state index in [1.807, 2.05) is 6.07 Å². The van der Waals surface area contributed by atoms with Crippen molar-refractivity contribution in [2.24, 2.45) is 0 Å². The Morgan fingerprint density at radius 1 is 1.06 bits per heavy atom. The predicted octanol–water partition coefficient (Wildman–Crippen LogP) is 5.49. The van der Waals surface area contributed by atoms with Crippen molar-refractivity contribution < 1.29 is 41.0 Å². The van der Waals surface area contributed by atoms with Gasteiger partial charge in [0.1, 0.15) is 18.5 Å². The van der Waals surface area contributed by atoms with E-state index in [-0.39, 0.29) is 31.9 Å².